The molecule has 2 amide bonds. The maximum Gasteiger partial charge on any atom is 0.283 e. The van der Waals surface area contributed by atoms with E-state index in [-0.39, 0.29) is 23.4 Å². The summed E-state index contributed by atoms with van der Waals surface area (Å²) in [6, 6.07) is 20.9. The molecule has 7 nitrogen and oxygen atoms in total. The predicted octanol–water partition coefficient (Wildman–Crippen LogP) is 4.78. The van der Waals surface area contributed by atoms with Gasteiger partial charge in [0.15, 0.2) is 11.0 Å². The molecule has 0 unspecified atom stereocenters. The number of Topliss-reactive ketones (excluding diaryl/α,β-unsaturated/α-hetero) is 1. The normalized spacial score (nSPS) is 16.9. The lowest BCUT2D eigenvalue weighted by Crippen LogP contribution is -2.49. The van der Waals surface area contributed by atoms with Crippen LogP contribution in [-0.4, -0.2) is 59.6 Å². The van der Waals surface area contributed by atoms with Crippen LogP contribution in [0, 0.1) is 0 Å². The molecule has 5 rings (SSSR count). The number of piperazine rings is 1. The van der Waals surface area contributed by atoms with Crippen LogP contribution in [0.1, 0.15) is 22.2 Å². The van der Waals surface area contributed by atoms with E-state index in [0.717, 1.165) is 29.3 Å². The fourth-order valence-corrected chi connectivity index (χ4v) is 5.81. The largest absolute Gasteiger partial charge is 0.368 e. The number of amidine groups is 1. The van der Waals surface area contributed by atoms with Gasteiger partial charge in [-0.2, -0.15) is 0 Å². The lowest BCUT2D eigenvalue weighted by atomic mass is 10.1. The van der Waals surface area contributed by atoms with Crippen molar-refractivity contribution in [2.24, 2.45) is 4.99 Å². The van der Waals surface area contributed by atoms with Gasteiger partial charge in [-0.1, -0.05) is 36.0 Å². The topological polar surface area (TPSA) is 73.3 Å². The number of para-hydroxylation sites is 1. The van der Waals surface area contributed by atoms with E-state index in [1.807, 2.05) is 77.0 Å². The second-order valence-electron chi connectivity index (χ2n) is 8.68. The minimum Gasteiger partial charge on any atom is -0.368 e. The van der Waals surface area contributed by atoms with E-state index in [9.17, 15) is 14.4 Å². The number of rotatable bonds is 6. The molecule has 3 aromatic rings. The Morgan fingerprint density at radius 1 is 0.946 bits per heavy atom. The van der Waals surface area contributed by atoms with Crippen LogP contribution in [-0.2, 0) is 9.59 Å². The summed E-state index contributed by atoms with van der Waals surface area (Å²) in [4.78, 5) is 49.0. The highest BCUT2D eigenvalue weighted by atomic mass is 32.2. The maximum atomic E-state index is 13.2. The molecule has 0 aliphatic carbocycles. The summed E-state index contributed by atoms with van der Waals surface area (Å²) in [6.07, 6.45) is 1.79. The summed E-state index contributed by atoms with van der Waals surface area (Å²) in [5.41, 5.74) is 2.84. The van der Waals surface area contributed by atoms with Gasteiger partial charge in [0.2, 0.25) is 5.91 Å². The monoisotopic (exact) mass is 530 g/mol. The lowest BCUT2D eigenvalue weighted by molar-refractivity contribution is -0.128. The number of amides is 2. The molecule has 9 heteroatoms. The van der Waals surface area contributed by atoms with Crippen LogP contribution in [0.5, 0.6) is 0 Å². The standard InChI is InChI=1S/C28H26N4O3S2/c1-20(33)21-9-11-22(12-10-21)30-13-15-31(16-14-30)26(34)19-37-28-29-25(18-24-8-5-17-36-24)27(35)32(28)23-6-3-2-4-7-23/h2-12,17-18H,13-16,19H2,1H3/b25-18+. The van der Waals surface area contributed by atoms with Gasteiger partial charge in [0, 0.05) is 42.3 Å². The summed E-state index contributed by atoms with van der Waals surface area (Å²) < 4.78 is 0. The zero-order valence-corrected chi connectivity index (χ0v) is 22.0. The third-order valence-electron chi connectivity index (χ3n) is 6.26. The summed E-state index contributed by atoms with van der Waals surface area (Å²) in [7, 11) is 0. The summed E-state index contributed by atoms with van der Waals surface area (Å²) in [6.45, 7) is 4.24. The van der Waals surface area contributed by atoms with Gasteiger partial charge in [0.1, 0.15) is 5.70 Å². The van der Waals surface area contributed by atoms with Crippen molar-refractivity contribution < 1.29 is 14.4 Å². The molecule has 1 aromatic heterocycles. The molecule has 3 heterocycles. The first-order valence-corrected chi connectivity index (χ1v) is 13.9. The van der Waals surface area contributed by atoms with Crippen molar-refractivity contribution >= 4 is 63.3 Å². The van der Waals surface area contributed by atoms with Crippen LogP contribution >= 0.6 is 23.1 Å². The van der Waals surface area contributed by atoms with Crippen molar-refractivity contribution in [1.82, 2.24) is 4.90 Å². The highest BCUT2D eigenvalue weighted by Crippen LogP contribution is 2.30. The number of carbonyl (C=O) groups excluding carboxylic acids is 3. The molecule has 1 fully saturated rings. The van der Waals surface area contributed by atoms with Crippen molar-refractivity contribution in [2.45, 2.75) is 6.92 Å². The van der Waals surface area contributed by atoms with Crippen molar-refractivity contribution in [2.75, 3.05) is 41.7 Å². The summed E-state index contributed by atoms with van der Waals surface area (Å²) >= 11 is 2.84. The van der Waals surface area contributed by atoms with Crippen LogP contribution in [0.2, 0.25) is 0 Å². The van der Waals surface area contributed by atoms with Gasteiger partial charge in [0.25, 0.3) is 5.91 Å². The van der Waals surface area contributed by atoms with Gasteiger partial charge in [-0.05, 0) is 60.8 Å². The van der Waals surface area contributed by atoms with Crippen molar-refractivity contribution in [3.8, 4) is 0 Å². The predicted molar refractivity (Wildman–Crippen MR) is 151 cm³/mol. The Balaban J connectivity index is 1.23. The molecule has 37 heavy (non-hydrogen) atoms. The molecule has 0 saturated carbocycles. The highest BCUT2D eigenvalue weighted by Gasteiger charge is 2.33. The minimum absolute atomic E-state index is 0.0235. The lowest BCUT2D eigenvalue weighted by Gasteiger charge is -2.36. The van der Waals surface area contributed by atoms with Gasteiger partial charge in [-0.15, -0.1) is 11.3 Å². The third kappa shape index (κ3) is 5.68. The van der Waals surface area contributed by atoms with Gasteiger partial charge < -0.3 is 9.80 Å². The second-order valence-corrected chi connectivity index (χ2v) is 10.6. The zero-order valence-electron chi connectivity index (χ0n) is 20.4. The van der Waals surface area contributed by atoms with E-state index in [1.165, 1.54) is 11.8 Å². The molecule has 2 aliphatic heterocycles. The number of nitrogens with zero attached hydrogens (tertiary/aromatic N) is 4. The Morgan fingerprint density at radius 3 is 2.32 bits per heavy atom. The SMILES string of the molecule is CC(=O)c1ccc(N2CCN(C(=O)CSC3=N/C(=C/c4cccs4)C(=O)N3c3ccccc3)CC2)cc1. The van der Waals surface area contributed by atoms with Crippen molar-refractivity contribution in [3.63, 3.8) is 0 Å². The second kappa shape index (κ2) is 11.1. The number of ketones is 1. The molecule has 188 valence electrons. The average molecular weight is 531 g/mol. The first kappa shape index (κ1) is 25.0. The third-order valence-corrected chi connectivity index (χ3v) is 8.00. The minimum atomic E-state index is -0.195. The quantitative estimate of drug-likeness (QED) is 0.339. The number of thiophene rings is 1. The van der Waals surface area contributed by atoms with Gasteiger partial charge in [-0.3, -0.25) is 19.3 Å². The summed E-state index contributed by atoms with van der Waals surface area (Å²) in [5.74, 6) is 0.0806. The smallest absolute Gasteiger partial charge is 0.283 e. The first-order valence-electron chi connectivity index (χ1n) is 12.0. The van der Waals surface area contributed by atoms with Gasteiger partial charge in [0.05, 0.1) is 11.4 Å². The molecule has 0 N–H and O–H groups in total. The molecular weight excluding hydrogens is 504 g/mol. The van der Waals surface area contributed by atoms with Crippen LogP contribution < -0.4 is 9.80 Å². The number of hydrogen-bond donors (Lipinski definition) is 0. The van der Waals surface area contributed by atoms with E-state index < -0.39 is 0 Å². The van der Waals surface area contributed by atoms with Crippen molar-refractivity contribution in [1.29, 1.82) is 0 Å². The molecule has 0 radical (unpaired) electrons. The fourth-order valence-electron chi connectivity index (χ4n) is 4.24. The van der Waals surface area contributed by atoms with Crippen LogP contribution in [0.3, 0.4) is 0 Å². The summed E-state index contributed by atoms with van der Waals surface area (Å²) in [5, 5.41) is 2.47. The maximum absolute atomic E-state index is 13.2. The Bertz CT molecular complexity index is 1340. The number of aliphatic imine (C=N–C) groups is 1. The number of carbonyl (C=O) groups is 3. The van der Waals surface area contributed by atoms with E-state index in [2.05, 4.69) is 9.89 Å². The Hall–Kier alpha value is -3.69. The van der Waals surface area contributed by atoms with Gasteiger partial charge in [-0.25, -0.2) is 4.99 Å². The van der Waals surface area contributed by atoms with E-state index in [1.54, 1.807) is 29.2 Å². The Kier molecular flexibility index (Phi) is 7.52. The molecule has 0 bridgehead atoms. The van der Waals surface area contributed by atoms with Crippen LogP contribution in [0.15, 0.2) is 82.8 Å². The number of thioether (sulfide) groups is 1. The van der Waals surface area contributed by atoms with Crippen LogP contribution in [0.25, 0.3) is 6.08 Å². The van der Waals surface area contributed by atoms with Crippen molar-refractivity contribution in [3.05, 3.63) is 88.2 Å². The number of anilines is 2. The first-order chi connectivity index (χ1) is 18.0. The Morgan fingerprint density at radius 2 is 1.68 bits per heavy atom. The molecule has 1 saturated heterocycles. The number of hydrogen-bond acceptors (Lipinski definition) is 7. The Labute approximate surface area is 224 Å². The fraction of sp³-hybridized carbons (Fsp3) is 0.214. The van der Waals surface area contributed by atoms with E-state index in [4.69, 9.17) is 0 Å². The average Bonchev–Trinajstić information content (AvgIpc) is 3.55. The molecule has 2 aromatic carbocycles. The number of benzene rings is 2. The molecule has 0 spiro atoms. The van der Waals surface area contributed by atoms with Crippen LogP contribution in [0.4, 0.5) is 11.4 Å². The highest BCUT2D eigenvalue weighted by molar-refractivity contribution is 8.14. The molecule has 0 atom stereocenters. The molecule has 2 aliphatic rings. The zero-order chi connectivity index (χ0) is 25.8. The van der Waals surface area contributed by atoms with Gasteiger partial charge >= 0.3 is 0 Å². The van der Waals surface area contributed by atoms with E-state index >= 15 is 0 Å². The molecular formula is C28H26N4O3S2. The van der Waals surface area contributed by atoms with E-state index in [0.29, 0.717) is 29.5 Å².